The summed E-state index contributed by atoms with van der Waals surface area (Å²) < 4.78 is 2.24. The highest BCUT2D eigenvalue weighted by Crippen LogP contribution is 2.38. The lowest BCUT2D eigenvalue weighted by atomic mass is 9.73. The average Bonchev–Trinajstić information content (AvgIpc) is 2.78. The number of fused-ring (bicyclic) bond motifs is 1. The molecule has 96 valence electrons. The van der Waals surface area contributed by atoms with Gasteiger partial charge in [0.1, 0.15) is 5.82 Å². The van der Waals surface area contributed by atoms with Gasteiger partial charge in [-0.1, -0.05) is 31.4 Å². The van der Waals surface area contributed by atoms with Gasteiger partial charge in [0.05, 0.1) is 11.0 Å². The summed E-state index contributed by atoms with van der Waals surface area (Å²) in [5.41, 5.74) is 8.52. The van der Waals surface area contributed by atoms with E-state index in [2.05, 4.69) is 35.9 Å². The second-order valence-electron chi connectivity index (χ2n) is 5.53. The standard InChI is InChI=1S/C15H21N3/c1-18-13-8-4-3-7-12(13)17-14(18)15(11-16)9-5-2-6-10-15/h3-4,7-8H,2,5-6,9-11,16H2,1H3. The maximum Gasteiger partial charge on any atom is 0.117 e. The molecule has 1 aliphatic rings. The molecule has 0 saturated heterocycles. The molecule has 2 N–H and O–H groups in total. The summed E-state index contributed by atoms with van der Waals surface area (Å²) >= 11 is 0. The highest BCUT2D eigenvalue weighted by molar-refractivity contribution is 5.76. The molecule has 18 heavy (non-hydrogen) atoms. The molecule has 0 spiro atoms. The minimum atomic E-state index is 0.103. The number of nitrogens with two attached hydrogens (primary N) is 1. The molecule has 2 aromatic rings. The van der Waals surface area contributed by atoms with Crippen LogP contribution < -0.4 is 5.73 Å². The zero-order chi connectivity index (χ0) is 12.6. The molecule has 3 nitrogen and oxygen atoms in total. The zero-order valence-corrected chi connectivity index (χ0v) is 11.0. The van der Waals surface area contributed by atoms with Gasteiger partial charge in [-0.15, -0.1) is 0 Å². The molecule has 0 unspecified atom stereocenters. The highest BCUT2D eigenvalue weighted by atomic mass is 15.1. The maximum absolute atomic E-state index is 6.11. The molecule has 1 aromatic heterocycles. The van der Waals surface area contributed by atoms with E-state index in [1.807, 2.05) is 0 Å². The molecule has 0 atom stereocenters. The topological polar surface area (TPSA) is 43.8 Å². The Kier molecular flexibility index (Phi) is 2.86. The lowest BCUT2D eigenvalue weighted by molar-refractivity contribution is 0.281. The Morgan fingerprint density at radius 2 is 1.94 bits per heavy atom. The van der Waals surface area contributed by atoms with Crippen LogP contribution in [-0.2, 0) is 12.5 Å². The zero-order valence-electron chi connectivity index (χ0n) is 11.0. The van der Waals surface area contributed by atoms with Gasteiger partial charge in [0.15, 0.2) is 0 Å². The van der Waals surface area contributed by atoms with Crippen molar-refractivity contribution in [2.75, 3.05) is 6.54 Å². The molecule has 1 saturated carbocycles. The second kappa shape index (κ2) is 4.39. The smallest absolute Gasteiger partial charge is 0.117 e. The van der Waals surface area contributed by atoms with Crippen LogP contribution in [0.15, 0.2) is 24.3 Å². The van der Waals surface area contributed by atoms with Gasteiger partial charge in [0.25, 0.3) is 0 Å². The van der Waals surface area contributed by atoms with Crippen molar-refractivity contribution < 1.29 is 0 Å². The van der Waals surface area contributed by atoms with Crippen LogP contribution in [0.25, 0.3) is 11.0 Å². The Balaban J connectivity index is 2.14. The predicted octanol–water partition coefficient (Wildman–Crippen LogP) is 2.73. The van der Waals surface area contributed by atoms with Gasteiger partial charge >= 0.3 is 0 Å². The molecule has 0 aliphatic heterocycles. The summed E-state index contributed by atoms with van der Waals surface area (Å²) in [6, 6.07) is 8.35. The number of hydrogen-bond donors (Lipinski definition) is 1. The molecule has 0 bridgehead atoms. The van der Waals surface area contributed by atoms with Gasteiger partial charge in [-0.25, -0.2) is 4.98 Å². The van der Waals surface area contributed by atoms with Crippen LogP contribution in [0.5, 0.6) is 0 Å². The van der Waals surface area contributed by atoms with Gasteiger partial charge < -0.3 is 10.3 Å². The number of rotatable bonds is 2. The number of para-hydroxylation sites is 2. The van der Waals surface area contributed by atoms with Gasteiger partial charge in [-0.05, 0) is 25.0 Å². The third-order valence-corrected chi connectivity index (χ3v) is 4.46. The molecule has 3 heteroatoms. The van der Waals surface area contributed by atoms with E-state index in [0.29, 0.717) is 6.54 Å². The van der Waals surface area contributed by atoms with Crippen molar-refractivity contribution in [3.63, 3.8) is 0 Å². The first-order valence-electron chi connectivity index (χ1n) is 6.89. The summed E-state index contributed by atoms with van der Waals surface area (Å²) in [5, 5.41) is 0. The highest BCUT2D eigenvalue weighted by Gasteiger charge is 2.36. The quantitative estimate of drug-likeness (QED) is 0.881. The first-order chi connectivity index (χ1) is 8.77. The monoisotopic (exact) mass is 243 g/mol. The second-order valence-corrected chi connectivity index (χ2v) is 5.53. The minimum Gasteiger partial charge on any atom is -0.331 e. The fraction of sp³-hybridized carbons (Fsp3) is 0.533. The van der Waals surface area contributed by atoms with Gasteiger partial charge in [-0.2, -0.15) is 0 Å². The fourth-order valence-corrected chi connectivity index (χ4v) is 3.37. The largest absolute Gasteiger partial charge is 0.331 e. The predicted molar refractivity (Wildman–Crippen MR) is 74.5 cm³/mol. The lowest BCUT2D eigenvalue weighted by Crippen LogP contribution is -2.39. The van der Waals surface area contributed by atoms with E-state index >= 15 is 0 Å². The average molecular weight is 243 g/mol. The molecule has 3 rings (SSSR count). The van der Waals surface area contributed by atoms with Crippen LogP contribution in [0.3, 0.4) is 0 Å². The summed E-state index contributed by atoms with van der Waals surface area (Å²) in [7, 11) is 2.12. The molecule has 1 aromatic carbocycles. The lowest BCUT2D eigenvalue weighted by Gasteiger charge is -2.35. The molecular weight excluding hydrogens is 222 g/mol. The van der Waals surface area contributed by atoms with Gasteiger partial charge in [0, 0.05) is 19.0 Å². The summed E-state index contributed by atoms with van der Waals surface area (Å²) in [5.74, 6) is 1.19. The maximum atomic E-state index is 6.11. The number of hydrogen-bond acceptors (Lipinski definition) is 2. The van der Waals surface area contributed by atoms with Crippen molar-refractivity contribution in [3.05, 3.63) is 30.1 Å². The number of aromatic nitrogens is 2. The Bertz CT molecular complexity index is 550. The summed E-state index contributed by atoms with van der Waals surface area (Å²) in [6.07, 6.45) is 6.26. The minimum absolute atomic E-state index is 0.103. The van der Waals surface area contributed by atoms with Gasteiger partial charge in [-0.3, -0.25) is 0 Å². The van der Waals surface area contributed by atoms with E-state index in [4.69, 9.17) is 10.7 Å². The third-order valence-electron chi connectivity index (χ3n) is 4.46. The van der Waals surface area contributed by atoms with Crippen molar-refractivity contribution in [2.45, 2.75) is 37.5 Å². The van der Waals surface area contributed by atoms with Crippen LogP contribution in [0.2, 0.25) is 0 Å². The van der Waals surface area contributed by atoms with Crippen LogP contribution in [0.1, 0.15) is 37.9 Å². The molecule has 0 radical (unpaired) electrons. The Morgan fingerprint density at radius 1 is 1.22 bits per heavy atom. The van der Waals surface area contributed by atoms with E-state index in [1.54, 1.807) is 0 Å². The Labute approximate surface area is 108 Å². The van der Waals surface area contributed by atoms with Crippen LogP contribution in [-0.4, -0.2) is 16.1 Å². The van der Waals surface area contributed by atoms with Crippen LogP contribution in [0, 0.1) is 0 Å². The van der Waals surface area contributed by atoms with E-state index in [1.165, 1.54) is 43.4 Å². The van der Waals surface area contributed by atoms with Crippen molar-refractivity contribution in [1.29, 1.82) is 0 Å². The molecule has 1 fully saturated rings. The summed E-state index contributed by atoms with van der Waals surface area (Å²) in [6.45, 7) is 0.712. The van der Waals surface area contributed by atoms with E-state index in [9.17, 15) is 0 Å². The van der Waals surface area contributed by atoms with Crippen LogP contribution in [0.4, 0.5) is 0 Å². The third kappa shape index (κ3) is 1.65. The molecule has 1 heterocycles. The SMILES string of the molecule is Cn1c(C2(CN)CCCCC2)nc2ccccc21. The van der Waals surface area contributed by atoms with Crippen molar-refractivity contribution in [3.8, 4) is 0 Å². The van der Waals surface area contributed by atoms with Crippen molar-refractivity contribution in [2.24, 2.45) is 12.8 Å². The van der Waals surface area contributed by atoms with E-state index in [0.717, 1.165) is 5.52 Å². The van der Waals surface area contributed by atoms with E-state index < -0.39 is 0 Å². The first-order valence-corrected chi connectivity index (χ1v) is 6.89. The normalized spacial score (nSPS) is 19.2. The molecule has 1 aliphatic carbocycles. The molecular formula is C15H21N3. The number of aryl methyl sites for hydroxylation is 1. The van der Waals surface area contributed by atoms with Crippen molar-refractivity contribution >= 4 is 11.0 Å². The Hall–Kier alpha value is -1.35. The van der Waals surface area contributed by atoms with Gasteiger partial charge in [0.2, 0.25) is 0 Å². The van der Waals surface area contributed by atoms with E-state index in [-0.39, 0.29) is 5.41 Å². The Morgan fingerprint density at radius 3 is 2.61 bits per heavy atom. The van der Waals surface area contributed by atoms with Crippen LogP contribution >= 0.6 is 0 Å². The number of nitrogens with zero attached hydrogens (tertiary/aromatic N) is 2. The fourth-order valence-electron chi connectivity index (χ4n) is 3.37. The first kappa shape index (κ1) is 11.7. The summed E-state index contributed by atoms with van der Waals surface area (Å²) in [4.78, 5) is 4.86. The molecule has 0 amide bonds. The number of benzene rings is 1. The van der Waals surface area contributed by atoms with Crippen molar-refractivity contribution in [1.82, 2.24) is 9.55 Å². The number of imidazole rings is 1.